The van der Waals surface area contributed by atoms with Gasteiger partial charge in [0.1, 0.15) is 10.6 Å². The smallest absolute Gasteiger partial charge is 0.244 e. The highest BCUT2D eigenvalue weighted by Gasteiger charge is 2.18. The minimum absolute atomic E-state index is 0.0101. The van der Waals surface area contributed by atoms with E-state index in [1.54, 1.807) is 6.07 Å². The number of sulfonamides is 1. The van der Waals surface area contributed by atoms with E-state index in [2.05, 4.69) is 4.72 Å². The van der Waals surface area contributed by atoms with Crippen LogP contribution in [-0.4, -0.2) is 28.6 Å². The molecule has 1 aromatic rings. The number of benzene rings is 1. The number of halogens is 1. The van der Waals surface area contributed by atoms with Gasteiger partial charge in [0, 0.05) is 18.1 Å². The van der Waals surface area contributed by atoms with E-state index in [0.717, 1.165) is 0 Å². The summed E-state index contributed by atoms with van der Waals surface area (Å²) in [5.41, 5.74) is 5.23. The molecule has 1 aromatic carbocycles. The fourth-order valence-electron chi connectivity index (χ4n) is 1.13. The van der Waals surface area contributed by atoms with Gasteiger partial charge in [0.2, 0.25) is 10.0 Å². The van der Waals surface area contributed by atoms with Crippen molar-refractivity contribution in [3.63, 3.8) is 0 Å². The van der Waals surface area contributed by atoms with Crippen LogP contribution < -0.4 is 15.2 Å². The molecule has 0 amide bonds. The molecular weight excluding hydrogens is 252 g/mol. The highest BCUT2D eigenvalue weighted by Crippen LogP contribution is 2.26. The van der Waals surface area contributed by atoms with Gasteiger partial charge in [-0.25, -0.2) is 13.1 Å². The number of ether oxygens (including phenoxy) is 1. The van der Waals surface area contributed by atoms with Crippen molar-refractivity contribution < 1.29 is 13.2 Å². The molecular formula is C9H13ClN2O3S. The fraction of sp³-hybridized carbons (Fsp3) is 0.333. The molecule has 0 aromatic heterocycles. The van der Waals surface area contributed by atoms with Crippen molar-refractivity contribution in [1.29, 1.82) is 0 Å². The Bertz CT molecular complexity index is 462. The molecule has 90 valence electrons. The molecule has 0 saturated heterocycles. The topological polar surface area (TPSA) is 81.4 Å². The molecule has 0 bridgehead atoms. The first-order chi connectivity index (χ1) is 7.51. The third-order valence-electron chi connectivity index (χ3n) is 1.85. The van der Waals surface area contributed by atoms with Crippen molar-refractivity contribution >= 4 is 21.6 Å². The van der Waals surface area contributed by atoms with E-state index in [1.165, 1.54) is 19.2 Å². The molecule has 16 heavy (non-hydrogen) atoms. The number of hydrogen-bond donors (Lipinski definition) is 2. The zero-order valence-corrected chi connectivity index (χ0v) is 10.3. The molecule has 1 rings (SSSR count). The van der Waals surface area contributed by atoms with Crippen LogP contribution in [-0.2, 0) is 10.0 Å². The minimum atomic E-state index is -3.63. The Morgan fingerprint density at radius 3 is 2.75 bits per heavy atom. The number of methoxy groups -OCH3 is 1. The van der Waals surface area contributed by atoms with Gasteiger partial charge in [-0.2, -0.15) is 0 Å². The first kappa shape index (κ1) is 13.2. The minimum Gasteiger partial charge on any atom is -0.495 e. The van der Waals surface area contributed by atoms with Gasteiger partial charge in [0.25, 0.3) is 0 Å². The summed E-state index contributed by atoms with van der Waals surface area (Å²) < 4.78 is 30.9. The normalized spacial score (nSPS) is 11.4. The Labute approximate surface area is 99.6 Å². The summed E-state index contributed by atoms with van der Waals surface area (Å²) in [5, 5.41) is 0.328. The number of rotatable bonds is 5. The van der Waals surface area contributed by atoms with Gasteiger partial charge in [-0.1, -0.05) is 11.6 Å². The van der Waals surface area contributed by atoms with Crippen LogP contribution in [0.4, 0.5) is 0 Å². The second kappa shape index (κ2) is 5.49. The van der Waals surface area contributed by atoms with E-state index in [9.17, 15) is 8.42 Å². The Morgan fingerprint density at radius 2 is 2.19 bits per heavy atom. The molecule has 5 nitrogen and oxygen atoms in total. The number of nitrogens with two attached hydrogens (primary N) is 1. The number of nitrogens with one attached hydrogen (secondary N) is 1. The van der Waals surface area contributed by atoms with E-state index in [1.807, 2.05) is 0 Å². The molecule has 0 aliphatic carbocycles. The monoisotopic (exact) mass is 264 g/mol. The Hall–Kier alpha value is -0.820. The molecule has 0 unspecified atom stereocenters. The molecule has 3 N–H and O–H groups in total. The predicted octanol–water partition coefficient (Wildman–Crippen LogP) is 0.586. The van der Waals surface area contributed by atoms with Crippen LogP contribution in [0, 0.1) is 0 Å². The molecule has 0 aliphatic heterocycles. The van der Waals surface area contributed by atoms with Gasteiger partial charge in [-0.3, -0.25) is 0 Å². The highest BCUT2D eigenvalue weighted by atomic mass is 35.5. The SMILES string of the molecule is COc1ccc(Cl)cc1S(=O)(=O)NCCN. The lowest BCUT2D eigenvalue weighted by molar-refractivity contribution is 0.402. The van der Waals surface area contributed by atoms with Crippen molar-refractivity contribution in [1.82, 2.24) is 4.72 Å². The summed E-state index contributed by atoms with van der Waals surface area (Å²) in [5.74, 6) is 0.244. The molecule has 0 spiro atoms. The van der Waals surface area contributed by atoms with Gasteiger partial charge >= 0.3 is 0 Å². The lowest BCUT2D eigenvalue weighted by Gasteiger charge is -2.10. The maximum absolute atomic E-state index is 11.8. The van der Waals surface area contributed by atoms with Crippen LogP contribution in [0.1, 0.15) is 0 Å². The summed E-state index contributed by atoms with van der Waals surface area (Å²) >= 11 is 5.74. The predicted molar refractivity (Wildman–Crippen MR) is 62.2 cm³/mol. The van der Waals surface area contributed by atoms with Crippen LogP contribution in [0.5, 0.6) is 5.75 Å². The molecule has 7 heteroatoms. The first-order valence-electron chi connectivity index (χ1n) is 4.54. The number of hydrogen-bond acceptors (Lipinski definition) is 4. The van der Waals surface area contributed by atoms with E-state index < -0.39 is 10.0 Å². The average molecular weight is 265 g/mol. The molecule has 0 heterocycles. The van der Waals surface area contributed by atoms with Gasteiger partial charge in [-0.15, -0.1) is 0 Å². The summed E-state index contributed by atoms with van der Waals surface area (Å²) in [4.78, 5) is 0.0101. The summed E-state index contributed by atoms with van der Waals surface area (Å²) in [7, 11) is -2.23. The zero-order chi connectivity index (χ0) is 12.2. The Balaban J connectivity index is 3.15. The van der Waals surface area contributed by atoms with Crippen molar-refractivity contribution in [2.45, 2.75) is 4.90 Å². The Kier molecular flexibility index (Phi) is 4.55. The van der Waals surface area contributed by atoms with Crippen LogP contribution in [0.25, 0.3) is 0 Å². The van der Waals surface area contributed by atoms with Crippen LogP contribution in [0.2, 0.25) is 5.02 Å². The largest absolute Gasteiger partial charge is 0.495 e. The third kappa shape index (κ3) is 3.08. The molecule has 0 saturated carbocycles. The molecule has 0 aliphatic rings. The van der Waals surface area contributed by atoms with E-state index >= 15 is 0 Å². The summed E-state index contributed by atoms with van der Waals surface area (Å²) in [6.45, 7) is 0.389. The maximum atomic E-state index is 11.8. The van der Waals surface area contributed by atoms with Crippen LogP contribution in [0.15, 0.2) is 23.1 Å². The molecule has 0 radical (unpaired) electrons. The maximum Gasteiger partial charge on any atom is 0.244 e. The van der Waals surface area contributed by atoms with Gasteiger partial charge in [0.15, 0.2) is 0 Å². The second-order valence-electron chi connectivity index (χ2n) is 2.98. The lowest BCUT2D eigenvalue weighted by Crippen LogP contribution is -2.29. The van der Waals surface area contributed by atoms with Gasteiger partial charge < -0.3 is 10.5 Å². The van der Waals surface area contributed by atoms with Crippen molar-refractivity contribution in [3.05, 3.63) is 23.2 Å². The molecule has 0 fully saturated rings. The van der Waals surface area contributed by atoms with Crippen molar-refractivity contribution in [2.24, 2.45) is 5.73 Å². The van der Waals surface area contributed by atoms with Crippen LogP contribution >= 0.6 is 11.6 Å². The van der Waals surface area contributed by atoms with Crippen molar-refractivity contribution in [2.75, 3.05) is 20.2 Å². The first-order valence-corrected chi connectivity index (χ1v) is 6.40. The fourth-order valence-corrected chi connectivity index (χ4v) is 2.61. The van der Waals surface area contributed by atoms with Crippen LogP contribution in [0.3, 0.4) is 0 Å². The van der Waals surface area contributed by atoms with E-state index in [4.69, 9.17) is 22.1 Å². The zero-order valence-electron chi connectivity index (χ0n) is 8.73. The van der Waals surface area contributed by atoms with Crippen molar-refractivity contribution in [3.8, 4) is 5.75 Å². The summed E-state index contributed by atoms with van der Waals surface area (Å²) in [6, 6.07) is 4.39. The van der Waals surface area contributed by atoms with E-state index in [0.29, 0.717) is 5.02 Å². The highest BCUT2D eigenvalue weighted by molar-refractivity contribution is 7.89. The third-order valence-corrected chi connectivity index (χ3v) is 3.57. The van der Waals surface area contributed by atoms with Gasteiger partial charge in [0.05, 0.1) is 7.11 Å². The second-order valence-corrected chi connectivity index (χ2v) is 5.15. The van der Waals surface area contributed by atoms with Gasteiger partial charge in [-0.05, 0) is 18.2 Å². The quantitative estimate of drug-likeness (QED) is 0.815. The standard InChI is InChI=1S/C9H13ClN2O3S/c1-15-8-3-2-7(10)6-9(8)16(13,14)12-5-4-11/h2-3,6,12H,4-5,11H2,1H3. The summed E-state index contributed by atoms with van der Waals surface area (Å²) in [6.07, 6.45) is 0. The lowest BCUT2D eigenvalue weighted by atomic mass is 10.3. The Morgan fingerprint density at radius 1 is 1.50 bits per heavy atom. The molecule has 0 atom stereocenters. The average Bonchev–Trinajstić information content (AvgIpc) is 2.26. The van der Waals surface area contributed by atoms with E-state index in [-0.39, 0.29) is 23.7 Å².